The molecule has 1 aliphatic carbocycles. The standard InChI is InChI=1S/C12H23N3O/c1-2-4-11(16)5-3-8-15(14)9-12(13)10-6-7-10/h9-10H,2-8,13-14H2,1H3/b12-9-. The molecule has 4 nitrogen and oxygen atoms in total. The Bertz CT molecular complexity index is 259. The third-order valence-electron chi connectivity index (χ3n) is 2.76. The number of ketones is 1. The summed E-state index contributed by atoms with van der Waals surface area (Å²) in [5.41, 5.74) is 6.71. The van der Waals surface area contributed by atoms with Crippen molar-refractivity contribution >= 4 is 5.78 Å². The van der Waals surface area contributed by atoms with Crippen molar-refractivity contribution in [1.82, 2.24) is 5.01 Å². The van der Waals surface area contributed by atoms with E-state index in [0.29, 0.717) is 31.1 Å². The SMILES string of the molecule is CCCC(=O)CCCN(N)/C=C(\N)C1CC1. The van der Waals surface area contributed by atoms with Crippen molar-refractivity contribution in [3.63, 3.8) is 0 Å². The molecule has 0 aromatic carbocycles. The van der Waals surface area contributed by atoms with E-state index in [1.807, 2.05) is 13.1 Å². The smallest absolute Gasteiger partial charge is 0.132 e. The molecule has 0 aromatic rings. The molecule has 1 saturated carbocycles. The predicted octanol–water partition coefficient (Wildman–Crippen LogP) is 1.52. The number of nitrogens with zero attached hydrogens (tertiary/aromatic N) is 1. The highest BCUT2D eigenvalue weighted by molar-refractivity contribution is 5.78. The van der Waals surface area contributed by atoms with Gasteiger partial charge in [0, 0.05) is 37.2 Å². The third-order valence-corrected chi connectivity index (χ3v) is 2.76. The van der Waals surface area contributed by atoms with E-state index < -0.39 is 0 Å². The summed E-state index contributed by atoms with van der Waals surface area (Å²) in [6, 6.07) is 0. The fraction of sp³-hybridized carbons (Fsp3) is 0.750. The number of nitrogens with two attached hydrogens (primary N) is 2. The Morgan fingerprint density at radius 1 is 1.44 bits per heavy atom. The summed E-state index contributed by atoms with van der Waals surface area (Å²) < 4.78 is 0. The van der Waals surface area contributed by atoms with Gasteiger partial charge in [0.25, 0.3) is 0 Å². The lowest BCUT2D eigenvalue weighted by molar-refractivity contribution is -0.119. The molecule has 1 fully saturated rings. The molecule has 16 heavy (non-hydrogen) atoms. The first-order valence-corrected chi connectivity index (χ1v) is 6.13. The first-order chi connectivity index (χ1) is 7.63. The van der Waals surface area contributed by atoms with E-state index in [9.17, 15) is 4.79 Å². The third kappa shape index (κ3) is 5.16. The van der Waals surface area contributed by atoms with E-state index in [-0.39, 0.29) is 0 Å². The molecule has 0 heterocycles. The van der Waals surface area contributed by atoms with E-state index in [1.165, 1.54) is 12.8 Å². The van der Waals surface area contributed by atoms with Crippen LogP contribution in [0.5, 0.6) is 0 Å². The van der Waals surface area contributed by atoms with Crippen LogP contribution >= 0.6 is 0 Å². The number of allylic oxidation sites excluding steroid dienone is 1. The number of carbonyl (C=O) groups excluding carboxylic acids is 1. The summed E-state index contributed by atoms with van der Waals surface area (Å²) in [7, 11) is 0. The van der Waals surface area contributed by atoms with Crippen molar-refractivity contribution in [2.75, 3.05) is 6.54 Å². The lowest BCUT2D eigenvalue weighted by Gasteiger charge is -2.14. The van der Waals surface area contributed by atoms with Gasteiger partial charge in [-0.25, -0.2) is 5.84 Å². The molecule has 0 amide bonds. The number of Topliss-reactive ketones (excluding diaryl/α,β-unsaturated/α-hetero) is 1. The van der Waals surface area contributed by atoms with Gasteiger partial charge >= 0.3 is 0 Å². The summed E-state index contributed by atoms with van der Waals surface area (Å²) >= 11 is 0. The van der Waals surface area contributed by atoms with E-state index in [2.05, 4.69) is 0 Å². The van der Waals surface area contributed by atoms with Gasteiger partial charge in [0.05, 0.1) is 0 Å². The van der Waals surface area contributed by atoms with Gasteiger partial charge in [-0.3, -0.25) is 4.79 Å². The van der Waals surface area contributed by atoms with Crippen LogP contribution in [0.15, 0.2) is 11.9 Å². The van der Waals surface area contributed by atoms with Crippen LogP contribution in [0.25, 0.3) is 0 Å². The quantitative estimate of drug-likeness (QED) is 0.485. The van der Waals surface area contributed by atoms with Gasteiger partial charge < -0.3 is 10.7 Å². The average Bonchev–Trinajstić information content (AvgIpc) is 3.00. The number of rotatable bonds is 8. The lowest BCUT2D eigenvalue weighted by Crippen LogP contribution is -2.28. The van der Waals surface area contributed by atoms with Crippen molar-refractivity contribution in [2.24, 2.45) is 17.5 Å². The highest BCUT2D eigenvalue weighted by Crippen LogP contribution is 2.33. The Labute approximate surface area is 97.6 Å². The predicted molar refractivity (Wildman–Crippen MR) is 65.0 cm³/mol. The van der Waals surface area contributed by atoms with Crippen LogP contribution in [0, 0.1) is 5.92 Å². The molecule has 1 rings (SSSR count). The molecule has 4 heteroatoms. The van der Waals surface area contributed by atoms with Gasteiger partial charge in [0.1, 0.15) is 5.78 Å². The first-order valence-electron chi connectivity index (χ1n) is 6.13. The molecular formula is C12H23N3O. The van der Waals surface area contributed by atoms with Crippen molar-refractivity contribution < 1.29 is 4.79 Å². The second kappa shape index (κ2) is 6.53. The molecule has 0 aliphatic heterocycles. The Morgan fingerprint density at radius 3 is 2.69 bits per heavy atom. The Hall–Kier alpha value is -1.03. The van der Waals surface area contributed by atoms with Crippen molar-refractivity contribution in [3.05, 3.63) is 11.9 Å². The number of hydrogen-bond donors (Lipinski definition) is 2. The second-order valence-electron chi connectivity index (χ2n) is 4.53. The maximum absolute atomic E-state index is 11.3. The van der Waals surface area contributed by atoms with Crippen LogP contribution < -0.4 is 11.6 Å². The minimum Gasteiger partial charge on any atom is -0.401 e. The zero-order chi connectivity index (χ0) is 12.0. The van der Waals surface area contributed by atoms with E-state index in [1.54, 1.807) is 5.01 Å². The minimum atomic E-state index is 0.329. The van der Waals surface area contributed by atoms with Gasteiger partial charge in [-0.1, -0.05) is 6.92 Å². The normalized spacial score (nSPS) is 16.2. The summed E-state index contributed by atoms with van der Waals surface area (Å²) in [5.74, 6) is 6.64. The van der Waals surface area contributed by atoms with Crippen LogP contribution in [0.4, 0.5) is 0 Å². The van der Waals surface area contributed by atoms with E-state index >= 15 is 0 Å². The lowest BCUT2D eigenvalue weighted by atomic mass is 10.1. The molecule has 0 bridgehead atoms. The largest absolute Gasteiger partial charge is 0.401 e. The monoisotopic (exact) mass is 225 g/mol. The van der Waals surface area contributed by atoms with Crippen LogP contribution in [0.2, 0.25) is 0 Å². The Morgan fingerprint density at radius 2 is 2.12 bits per heavy atom. The average molecular weight is 225 g/mol. The molecular weight excluding hydrogens is 202 g/mol. The maximum Gasteiger partial charge on any atom is 0.132 e. The van der Waals surface area contributed by atoms with Crippen molar-refractivity contribution in [3.8, 4) is 0 Å². The van der Waals surface area contributed by atoms with Crippen LogP contribution in [-0.2, 0) is 4.79 Å². The highest BCUT2D eigenvalue weighted by Gasteiger charge is 2.24. The molecule has 1 aliphatic rings. The second-order valence-corrected chi connectivity index (χ2v) is 4.53. The van der Waals surface area contributed by atoms with Crippen LogP contribution in [0.1, 0.15) is 45.4 Å². The zero-order valence-corrected chi connectivity index (χ0v) is 10.1. The first kappa shape index (κ1) is 13.0. The molecule has 0 unspecified atom stereocenters. The fourth-order valence-corrected chi connectivity index (χ4v) is 1.64. The molecule has 0 saturated heterocycles. The highest BCUT2D eigenvalue weighted by atomic mass is 16.1. The molecule has 92 valence electrons. The minimum absolute atomic E-state index is 0.329. The Balaban J connectivity index is 2.12. The van der Waals surface area contributed by atoms with Gasteiger partial charge in [-0.05, 0) is 25.7 Å². The number of hydrogen-bond acceptors (Lipinski definition) is 4. The van der Waals surface area contributed by atoms with Gasteiger partial charge in [0.15, 0.2) is 0 Å². The fourth-order valence-electron chi connectivity index (χ4n) is 1.64. The number of hydrazine groups is 1. The van der Waals surface area contributed by atoms with Crippen LogP contribution in [-0.4, -0.2) is 17.3 Å². The van der Waals surface area contributed by atoms with Crippen LogP contribution in [0.3, 0.4) is 0 Å². The zero-order valence-electron chi connectivity index (χ0n) is 10.1. The summed E-state index contributed by atoms with van der Waals surface area (Å²) in [6.45, 7) is 2.72. The number of carbonyl (C=O) groups is 1. The van der Waals surface area contributed by atoms with Gasteiger partial charge in [-0.2, -0.15) is 0 Å². The molecule has 0 radical (unpaired) electrons. The molecule has 0 aromatic heterocycles. The topological polar surface area (TPSA) is 72.3 Å². The summed E-state index contributed by atoms with van der Waals surface area (Å²) in [4.78, 5) is 11.3. The molecule has 0 spiro atoms. The summed E-state index contributed by atoms with van der Waals surface area (Å²) in [5, 5.41) is 1.60. The Kier molecular flexibility index (Phi) is 5.32. The van der Waals surface area contributed by atoms with Crippen molar-refractivity contribution in [1.29, 1.82) is 0 Å². The maximum atomic E-state index is 11.3. The van der Waals surface area contributed by atoms with E-state index in [4.69, 9.17) is 11.6 Å². The molecule has 0 atom stereocenters. The van der Waals surface area contributed by atoms with E-state index in [0.717, 1.165) is 18.5 Å². The summed E-state index contributed by atoms with van der Waals surface area (Å²) in [6.07, 6.45) is 7.23. The molecule has 4 N–H and O–H groups in total. The van der Waals surface area contributed by atoms with Gasteiger partial charge in [-0.15, -0.1) is 0 Å². The van der Waals surface area contributed by atoms with Gasteiger partial charge in [0.2, 0.25) is 0 Å². The van der Waals surface area contributed by atoms with Crippen molar-refractivity contribution in [2.45, 2.75) is 45.4 Å².